The largest absolute Gasteiger partial charge is 0.495 e. The van der Waals surface area contributed by atoms with Gasteiger partial charge in [-0.2, -0.15) is 0 Å². The minimum absolute atomic E-state index is 0.0497. The van der Waals surface area contributed by atoms with Crippen LogP contribution in [0, 0.1) is 0 Å². The molecule has 0 spiro atoms. The van der Waals surface area contributed by atoms with Gasteiger partial charge in [-0.25, -0.2) is 0 Å². The summed E-state index contributed by atoms with van der Waals surface area (Å²) < 4.78 is 7.30. The predicted octanol–water partition coefficient (Wildman–Crippen LogP) is 2.89. The third-order valence-corrected chi connectivity index (χ3v) is 5.94. The summed E-state index contributed by atoms with van der Waals surface area (Å²) >= 11 is 0. The fourth-order valence-electron chi connectivity index (χ4n) is 4.22. The Bertz CT molecular complexity index is 1110. The molecule has 0 saturated carbocycles. The van der Waals surface area contributed by atoms with Gasteiger partial charge in [-0.15, -0.1) is 0 Å². The summed E-state index contributed by atoms with van der Waals surface area (Å²) in [6.45, 7) is 2.02. The number of anilines is 1. The number of para-hydroxylation sites is 2. The zero-order valence-electron chi connectivity index (χ0n) is 18.4. The van der Waals surface area contributed by atoms with Gasteiger partial charge in [0.1, 0.15) is 5.75 Å². The first kappa shape index (κ1) is 21.6. The number of hydrogen-bond donors (Lipinski definition) is 2. The van der Waals surface area contributed by atoms with E-state index >= 15 is 0 Å². The van der Waals surface area contributed by atoms with E-state index in [0.717, 1.165) is 25.2 Å². The number of ether oxygens (including phenoxy) is 1. The van der Waals surface area contributed by atoms with Crippen molar-refractivity contribution < 1.29 is 14.3 Å². The Labute approximate surface area is 188 Å². The highest BCUT2D eigenvalue weighted by atomic mass is 16.5. The highest BCUT2D eigenvalue weighted by molar-refractivity contribution is 6.39. The van der Waals surface area contributed by atoms with E-state index in [0.29, 0.717) is 18.0 Å². The summed E-state index contributed by atoms with van der Waals surface area (Å²) in [6, 6.07) is 19.5. The van der Waals surface area contributed by atoms with Crippen LogP contribution < -0.4 is 15.4 Å². The number of nitrogens with one attached hydrogen (secondary N) is 2. The lowest BCUT2D eigenvalue weighted by molar-refractivity contribution is -0.136. The second-order valence-electron chi connectivity index (χ2n) is 7.91. The van der Waals surface area contributed by atoms with Gasteiger partial charge in [0.05, 0.1) is 18.8 Å². The number of aryl methyl sites for hydroxylation is 1. The number of carbonyl (C=O) groups is 2. The maximum absolute atomic E-state index is 12.6. The molecule has 2 N–H and O–H groups in total. The molecule has 1 atom stereocenters. The van der Waals surface area contributed by atoms with Crippen LogP contribution in [0.1, 0.15) is 22.9 Å². The lowest BCUT2D eigenvalue weighted by Crippen LogP contribution is -2.44. The average molecular weight is 433 g/mol. The van der Waals surface area contributed by atoms with E-state index in [2.05, 4.69) is 50.4 Å². The van der Waals surface area contributed by atoms with Crippen molar-refractivity contribution in [3.8, 4) is 5.75 Å². The summed E-state index contributed by atoms with van der Waals surface area (Å²) in [7, 11) is 3.52. The van der Waals surface area contributed by atoms with Gasteiger partial charge in [-0.1, -0.05) is 36.4 Å². The molecule has 7 nitrogen and oxygen atoms in total. The van der Waals surface area contributed by atoms with Crippen molar-refractivity contribution >= 4 is 17.5 Å². The van der Waals surface area contributed by atoms with E-state index in [1.165, 1.54) is 18.2 Å². The van der Waals surface area contributed by atoms with E-state index in [4.69, 9.17) is 4.74 Å². The van der Waals surface area contributed by atoms with Crippen LogP contribution in [-0.4, -0.2) is 41.5 Å². The fourth-order valence-corrected chi connectivity index (χ4v) is 4.22. The highest BCUT2D eigenvalue weighted by Crippen LogP contribution is 2.28. The average Bonchev–Trinajstić information content (AvgIpc) is 3.24. The summed E-state index contributed by atoms with van der Waals surface area (Å²) in [4.78, 5) is 27.4. The number of benzene rings is 2. The molecule has 0 aliphatic carbocycles. The Hall–Kier alpha value is -3.58. The second-order valence-corrected chi connectivity index (χ2v) is 7.91. The monoisotopic (exact) mass is 432 g/mol. The van der Waals surface area contributed by atoms with Gasteiger partial charge in [0.25, 0.3) is 0 Å². The van der Waals surface area contributed by atoms with Crippen molar-refractivity contribution in [3.63, 3.8) is 0 Å². The molecule has 0 radical (unpaired) electrons. The summed E-state index contributed by atoms with van der Waals surface area (Å²) in [5, 5.41) is 5.46. The number of amides is 2. The zero-order chi connectivity index (χ0) is 22.5. The lowest BCUT2D eigenvalue weighted by atomic mass is 9.98. The number of methoxy groups -OCH3 is 1. The Kier molecular flexibility index (Phi) is 6.56. The number of carbonyl (C=O) groups excluding carboxylic acids is 2. The molecule has 0 fully saturated rings. The first-order valence-electron chi connectivity index (χ1n) is 10.7. The van der Waals surface area contributed by atoms with Crippen molar-refractivity contribution in [1.82, 2.24) is 14.8 Å². The third kappa shape index (κ3) is 4.68. The topological polar surface area (TPSA) is 75.6 Å². The summed E-state index contributed by atoms with van der Waals surface area (Å²) in [5.74, 6) is -0.890. The van der Waals surface area contributed by atoms with E-state index in [1.54, 1.807) is 24.3 Å². The van der Waals surface area contributed by atoms with Gasteiger partial charge >= 0.3 is 11.8 Å². The van der Waals surface area contributed by atoms with E-state index in [-0.39, 0.29) is 6.04 Å². The fraction of sp³-hybridized carbons (Fsp3) is 0.280. The summed E-state index contributed by atoms with van der Waals surface area (Å²) in [5.41, 5.74) is 4.23. The molecule has 4 rings (SSSR count). The van der Waals surface area contributed by atoms with Gasteiger partial charge in [-0.05, 0) is 41.8 Å². The SMILES string of the molecule is COc1ccccc1NC(=O)C(=O)NCC(c1cccn1C)N1CCc2ccccc2C1. The zero-order valence-corrected chi connectivity index (χ0v) is 18.4. The lowest BCUT2D eigenvalue weighted by Gasteiger charge is -2.36. The maximum Gasteiger partial charge on any atom is 0.313 e. The first-order chi connectivity index (χ1) is 15.6. The van der Waals surface area contributed by atoms with Crippen LogP contribution in [0.3, 0.4) is 0 Å². The Morgan fingerprint density at radius 2 is 1.75 bits per heavy atom. The minimum Gasteiger partial charge on any atom is -0.495 e. The molecule has 1 aromatic heterocycles. The Morgan fingerprint density at radius 1 is 1.00 bits per heavy atom. The van der Waals surface area contributed by atoms with Crippen LogP contribution >= 0.6 is 0 Å². The van der Waals surface area contributed by atoms with Crippen LogP contribution in [0.2, 0.25) is 0 Å². The molecule has 166 valence electrons. The molecule has 0 bridgehead atoms. The number of nitrogens with zero attached hydrogens (tertiary/aromatic N) is 2. The van der Waals surface area contributed by atoms with Crippen molar-refractivity contribution in [1.29, 1.82) is 0 Å². The van der Waals surface area contributed by atoms with Crippen LogP contribution in [-0.2, 0) is 29.6 Å². The van der Waals surface area contributed by atoms with Gasteiger partial charge in [0.15, 0.2) is 0 Å². The molecule has 0 saturated heterocycles. The van der Waals surface area contributed by atoms with Gasteiger partial charge < -0.3 is 19.9 Å². The second kappa shape index (κ2) is 9.70. The minimum atomic E-state index is -0.718. The Balaban J connectivity index is 1.46. The molecule has 1 unspecified atom stereocenters. The summed E-state index contributed by atoms with van der Waals surface area (Å²) in [6.07, 6.45) is 2.95. The van der Waals surface area contributed by atoms with Crippen molar-refractivity contribution in [2.24, 2.45) is 7.05 Å². The number of fused-ring (bicyclic) bond motifs is 1. The standard InChI is InChI=1S/C25H28N4O3/c1-28-14-7-11-21(28)22(29-15-13-18-8-3-4-9-19(18)17-29)16-26-24(30)25(31)27-20-10-5-6-12-23(20)32-2/h3-12,14,22H,13,15-17H2,1-2H3,(H,26,30)(H,27,31). The van der Waals surface area contributed by atoms with Gasteiger partial charge in [0, 0.05) is 38.6 Å². The molecule has 1 aliphatic rings. The molecule has 7 heteroatoms. The quantitative estimate of drug-likeness (QED) is 0.588. The molecule has 2 heterocycles. The number of rotatable bonds is 6. The molecule has 1 aliphatic heterocycles. The van der Waals surface area contributed by atoms with Crippen LogP contribution in [0.4, 0.5) is 5.69 Å². The first-order valence-corrected chi connectivity index (χ1v) is 10.7. The maximum atomic E-state index is 12.6. The Morgan fingerprint density at radius 3 is 2.50 bits per heavy atom. The molecular formula is C25H28N4O3. The predicted molar refractivity (Wildman–Crippen MR) is 123 cm³/mol. The molecule has 32 heavy (non-hydrogen) atoms. The van der Waals surface area contributed by atoms with Crippen LogP contribution in [0.5, 0.6) is 5.75 Å². The molecule has 2 aromatic carbocycles. The van der Waals surface area contributed by atoms with E-state index in [9.17, 15) is 9.59 Å². The van der Waals surface area contributed by atoms with Crippen LogP contribution in [0.25, 0.3) is 0 Å². The van der Waals surface area contributed by atoms with Crippen molar-refractivity contribution in [2.45, 2.75) is 19.0 Å². The van der Waals surface area contributed by atoms with Crippen molar-refractivity contribution in [3.05, 3.63) is 83.7 Å². The highest BCUT2D eigenvalue weighted by Gasteiger charge is 2.27. The van der Waals surface area contributed by atoms with E-state index < -0.39 is 11.8 Å². The third-order valence-electron chi connectivity index (χ3n) is 5.94. The van der Waals surface area contributed by atoms with Gasteiger partial charge in [0.2, 0.25) is 0 Å². The van der Waals surface area contributed by atoms with Gasteiger partial charge in [-0.3, -0.25) is 14.5 Å². The molecule has 3 aromatic rings. The van der Waals surface area contributed by atoms with Crippen LogP contribution in [0.15, 0.2) is 66.9 Å². The normalized spacial score (nSPS) is 14.3. The van der Waals surface area contributed by atoms with E-state index in [1.807, 2.05) is 19.3 Å². The smallest absolute Gasteiger partial charge is 0.313 e. The molecule has 2 amide bonds. The number of aromatic nitrogens is 1. The number of hydrogen-bond acceptors (Lipinski definition) is 4. The molecular weight excluding hydrogens is 404 g/mol. The van der Waals surface area contributed by atoms with Crippen molar-refractivity contribution in [2.75, 3.05) is 25.5 Å².